The Morgan fingerprint density at radius 3 is 1.07 bits per heavy atom. The Labute approximate surface area is 809 Å². The molecule has 648 valence electrons. The number of furan rings is 3. The van der Waals surface area contributed by atoms with E-state index < -0.39 is 6.04 Å². The van der Waals surface area contributed by atoms with Crippen molar-refractivity contribution < 1.29 is 20.1 Å². The van der Waals surface area contributed by atoms with Gasteiger partial charge in [-0.25, -0.2) is 0 Å². The van der Waals surface area contributed by atoms with E-state index in [9.17, 15) is 0 Å². The van der Waals surface area contributed by atoms with Crippen molar-refractivity contribution in [1.29, 1.82) is 0 Å². The first-order chi connectivity index (χ1) is 71.1. The van der Waals surface area contributed by atoms with E-state index in [1.165, 1.54) is 148 Å². The van der Waals surface area contributed by atoms with Crippen molar-refractivity contribution in [1.82, 2.24) is 0 Å². The second-order valence-electron chi connectivity index (χ2n) is 36.3. The average molecular weight is 1770 g/mol. The molecule has 0 saturated carbocycles. The van der Waals surface area contributed by atoms with Gasteiger partial charge in [-0.1, -0.05) is 455 Å². The van der Waals surface area contributed by atoms with Gasteiger partial charge in [-0.15, -0.1) is 0 Å². The summed E-state index contributed by atoms with van der Waals surface area (Å²) in [4.78, 5) is 0. The normalized spacial score (nSPS) is 12.8. The van der Waals surface area contributed by atoms with Gasteiger partial charge >= 0.3 is 0 Å². The van der Waals surface area contributed by atoms with Crippen LogP contribution in [-0.2, 0) is 0 Å². The van der Waals surface area contributed by atoms with Gasteiger partial charge in [-0.2, -0.15) is 0 Å². The molecule has 25 aromatic carbocycles. The molecule has 3 nitrogen and oxygen atoms in total. The summed E-state index contributed by atoms with van der Waals surface area (Å²) < 4.78 is 61.9. The largest absolute Gasteiger partial charge is 0.456 e. The van der Waals surface area contributed by atoms with Gasteiger partial charge in [-0.3, -0.25) is 0 Å². The Bertz CT molecular complexity index is 10100. The van der Waals surface area contributed by atoms with Crippen LogP contribution in [0.5, 0.6) is 0 Å². The van der Waals surface area contributed by atoms with Gasteiger partial charge in [0.2, 0.25) is 0 Å². The number of allylic oxidation sites excluding steroid dienone is 4. The molecular weight excluding hydrogens is 1680 g/mol. The Hall–Kier alpha value is -18.0. The minimum Gasteiger partial charge on any atom is -0.456 e. The summed E-state index contributed by atoms with van der Waals surface area (Å²) in [6.07, 6.45) is 6.74. The molecular formula is C136H86O3. The number of hydrogen-bond acceptors (Lipinski definition) is 3. The average Bonchev–Trinajstić information content (AvgIpc) is 0.763. The van der Waals surface area contributed by atoms with Gasteiger partial charge < -0.3 is 13.3 Å². The van der Waals surface area contributed by atoms with Gasteiger partial charge in [0, 0.05) is 48.7 Å². The Kier molecular flexibility index (Phi) is 18.2. The van der Waals surface area contributed by atoms with Crippen molar-refractivity contribution in [3.63, 3.8) is 0 Å². The first-order valence-electron chi connectivity index (χ1n) is 50.2. The summed E-state index contributed by atoms with van der Waals surface area (Å²) >= 11 is 0. The molecule has 139 heavy (non-hydrogen) atoms. The number of rotatable bonds is 10. The molecule has 1 aliphatic carbocycles. The molecule has 1 aliphatic rings. The van der Waals surface area contributed by atoms with Crippen LogP contribution in [-0.4, -0.2) is 0 Å². The highest BCUT2D eigenvalue weighted by Crippen LogP contribution is 2.53. The van der Waals surface area contributed by atoms with E-state index in [0.717, 1.165) is 139 Å². The molecule has 0 atom stereocenters. The number of para-hydroxylation sites is 3. The van der Waals surface area contributed by atoms with Gasteiger partial charge in [0.25, 0.3) is 0 Å². The lowest BCUT2D eigenvalue weighted by Gasteiger charge is -2.22. The molecule has 0 amide bonds. The summed E-state index contributed by atoms with van der Waals surface area (Å²) in [6.45, 7) is 0. The topological polar surface area (TPSA) is 39.4 Å². The molecule has 0 N–H and O–H groups in total. The van der Waals surface area contributed by atoms with E-state index >= 15 is 0 Å². The van der Waals surface area contributed by atoms with E-state index in [0.29, 0.717) is 5.56 Å². The molecule has 0 spiro atoms. The van der Waals surface area contributed by atoms with Crippen molar-refractivity contribution in [3.05, 3.63) is 508 Å². The first kappa shape index (κ1) is 75.4. The fourth-order valence-corrected chi connectivity index (χ4v) is 22.7. The highest BCUT2D eigenvalue weighted by Gasteiger charge is 2.27. The maximum absolute atomic E-state index is 8.82. The van der Waals surface area contributed by atoms with Gasteiger partial charge in [-0.05, 0) is 258 Å². The Morgan fingerprint density at radius 2 is 0.525 bits per heavy atom. The lowest BCUT2D eigenvalue weighted by Crippen LogP contribution is -1.97. The number of hydrogen-bond donors (Lipinski definition) is 0. The van der Waals surface area contributed by atoms with Gasteiger partial charge in [0.15, 0.2) is 0 Å². The quantitative estimate of drug-likeness (QED) is 0.128. The van der Waals surface area contributed by atoms with Crippen LogP contribution in [0.25, 0.3) is 274 Å². The SMILES string of the molecule is C1=C(c2ccccc2)CCC(c2c3ccccc3c(-c3cccc(-c4cc5ccccc5c5oc6ccccc6c45)c3)c3ccccc23)=C1.[2H]c1c([2H])c([2H])c(-c2c3ccccc3c(-c3ccc(-c4c5ccccc5cc5oc6ccccc6c45)cc3)c3ccccc23)c([2H])c1[2H].c1ccc(-c2c3ccccc3c(-c3ccc(-c4cc5c6ccccc6oc5c5ccccc45)c4ccccc34)c3ccccc23)cc1. The molecule has 3 heteroatoms. The fraction of sp³-hybridized carbons (Fsp3) is 0.0147. The van der Waals surface area contributed by atoms with Crippen LogP contribution in [0.1, 0.15) is 30.8 Å². The molecule has 0 bridgehead atoms. The van der Waals surface area contributed by atoms with Crippen LogP contribution in [0.3, 0.4) is 0 Å². The summed E-state index contributed by atoms with van der Waals surface area (Å²) in [5.41, 5.74) is 28.4. The second kappa shape index (κ2) is 33.6. The number of fused-ring (bicyclic) bond motifs is 21. The smallest absolute Gasteiger partial charge is 0.143 e. The lowest BCUT2D eigenvalue weighted by atomic mass is 9.82. The molecule has 0 unspecified atom stereocenters. The minimum atomic E-state index is -0.397. The van der Waals surface area contributed by atoms with E-state index in [1.54, 1.807) is 0 Å². The summed E-state index contributed by atoms with van der Waals surface area (Å²) in [7, 11) is 0. The molecule has 0 aliphatic heterocycles. The fourth-order valence-electron chi connectivity index (χ4n) is 22.7. The summed E-state index contributed by atoms with van der Waals surface area (Å²) in [5, 5.41) is 30.0. The molecule has 29 rings (SSSR count). The third-order valence-electron chi connectivity index (χ3n) is 28.8. The molecule has 3 aromatic heterocycles. The summed E-state index contributed by atoms with van der Waals surface area (Å²) in [5.74, 6) is 0. The number of benzene rings is 25. The molecule has 28 aromatic rings. The van der Waals surface area contributed by atoms with Crippen molar-refractivity contribution in [3.8, 4) is 89.0 Å². The first-order valence-corrected chi connectivity index (χ1v) is 47.7. The minimum absolute atomic E-state index is 0.207. The Balaban J connectivity index is 0.000000108. The Morgan fingerprint density at radius 1 is 0.165 bits per heavy atom. The van der Waals surface area contributed by atoms with Crippen molar-refractivity contribution in [2.45, 2.75) is 12.8 Å². The third-order valence-corrected chi connectivity index (χ3v) is 28.8. The second-order valence-corrected chi connectivity index (χ2v) is 36.3. The van der Waals surface area contributed by atoms with Crippen molar-refractivity contribution in [2.24, 2.45) is 0 Å². The van der Waals surface area contributed by atoms with Crippen LogP contribution in [0.2, 0.25) is 0 Å². The standard InChI is InChI=1S/C48H32O.C46H28O.C42H26O/c1-2-13-31(14-3-1)32-25-27-33(28-26-32)45-38-19-6-8-21-40(38)46(41-22-9-7-20-39(41)45)36-17-12-16-34(29-36)43-30-35-15-4-5-18-37(35)48-47(43)42-23-10-11-24-44(42)49-48;1-2-14-29(15-3-1)44-35-20-7-9-22-37(35)45(38-23-10-8-21-36(38)44)39-27-26-33(30-16-4-5-17-31(30)39)41-28-42-34-19-12-13-25-43(34)47-46(42)40-24-11-6-18-32(40)41;1-2-12-27(13-3-1)39-32-16-6-8-18-34(32)40(35-19-9-7-17-33(35)39)28-22-24-29(25-23-28)41-31-15-5-4-14-30(31)26-38-42(41)36-20-10-11-21-37(36)43-38/h1-25,27,29-30H,26,28H2;1-28H;1-26H/i;;1D,2D,3D,12D,13D. The van der Waals surface area contributed by atoms with E-state index in [-0.39, 0.29) is 29.7 Å². The molecule has 0 saturated heterocycles. The molecule has 3 heterocycles. The van der Waals surface area contributed by atoms with Crippen LogP contribution in [0, 0.1) is 0 Å². The van der Waals surface area contributed by atoms with Crippen molar-refractivity contribution >= 4 is 185 Å². The van der Waals surface area contributed by atoms with E-state index in [1.807, 2.05) is 66.7 Å². The molecule has 0 fully saturated rings. The monoisotopic (exact) mass is 1770 g/mol. The van der Waals surface area contributed by atoms with E-state index in [2.05, 4.69) is 400 Å². The maximum atomic E-state index is 8.82. The van der Waals surface area contributed by atoms with Crippen LogP contribution < -0.4 is 0 Å². The zero-order chi connectivity index (χ0) is 95.9. The summed E-state index contributed by atoms with van der Waals surface area (Å²) in [6, 6.07) is 160. The zero-order valence-corrected chi connectivity index (χ0v) is 75.6. The maximum Gasteiger partial charge on any atom is 0.143 e. The van der Waals surface area contributed by atoms with Gasteiger partial charge in [0.1, 0.15) is 33.5 Å². The van der Waals surface area contributed by atoms with Crippen molar-refractivity contribution in [2.75, 3.05) is 0 Å². The van der Waals surface area contributed by atoms with E-state index in [4.69, 9.17) is 20.1 Å². The predicted molar refractivity (Wildman–Crippen MR) is 591 cm³/mol. The zero-order valence-electron chi connectivity index (χ0n) is 80.6. The van der Waals surface area contributed by atoms with Crippen LogP contribution in [0.4, 0.5) is 0 Å². The van der Waals surface area contributed by atoms with Crippen LogP contribution >= 0.6 is 0 Å². The third kappa shape index (κ3) is 13.5. The highest BCUT2D eigenvalue weighted by atomic mass is 16.3. The van der Waals surface area contributed by atoms with Crippen LogP contribution in [0.15, 0.2) is 511 Å². The lowest BCUT2D eigenvalue weighted by molar-refractivity contribution is 0.669. The predicted octanol–water partition coefficient (Wildman–Crippen LogP) is 38.9. The molecule has 0 radical (unpaired) electrons. The highest BCUT2D eigenvalue weighted by molar-refractivity contribution is 6.29. The van der Waals surface area contributed by atoms with Gasteiger partial charge in [0.05, 0.1) is 6.85 Å².